The number of furan rings is 1. The van der Waals surface area contributed by atoms with Gasteiger partial charge in [-0.3, -0.25) is 9.59 Å². The van der Waals surface area contributed by atoms with Crippen molar-refractivity contribution in [1.29, 1.82) is 0 Å². The molecule has 1 saturated carbocycles. The molecular formula is C21H24N2O5S. The summed E-state index contributed by atoms with van der Waals surface area (Å²) in [5.41, 5.74) is 0.333. The second-order valence-electron chi connectivity index (χ2n) is 6.91. The Bertz CT molecular complexity index is 849. The van der Waals surface area contributed by atoms with Gasteiger partial charge in [0.2, 0.25) is 5.91 Å². The molecule has 1 aliphatic rings. The largest absolute Gasteiger partial charge is 0.467 e. The lowest BCUT2D eigenvalue weighted by Gasteiger charge is -2.13. The van der Waals surface area contributed by atoms with Gasteiger partial charge in [0.25, 0.3) is 5.91 Å². The minimum Gasteiger partial charge on any atom is -0.467 e. The molecule has 8 heteroatoms. The van der Waals surface area contributed by atoms with E-state index in [-0.39, 0.29) is 30.2 Å². The van der Waals surface area contributed by atoms with E-state index in [4.69, 9.17) is 9.15 Å². The number of amides is 2. The Morgan fingerprint density at radius 3 is 2.69 bits per heavy atom. The summed E-state index contributed by atoms with van der Waals surface area (Å²) in [6.45, 7) is 1.95. The van der Waals surface area contributed by atoms with Crippen molar-refractivity contribution in [3.63, 3.8) is 0 Å². The summed E-state index contributed by atoms with van der Waals surface area (Å²) in [7, 11) is 0. The molecule has 0 spiro atoms. The maximum Gasteiger partial charge on any atom is 0.339 e. The third-order valence-corrected chi connectivity index (χ3v) is 5.63. The van der Waals surface area contributed by atoms with Crippen LogP contribution in [-0.2, 0) is 20.9 Å². The van der Waals surface area contributed by atoms with Crippen LogP contribution in [0.15, 0.2) is 52.0 Å². The van der Waals surface area contributed by atoms with Gasteiger partial charge in [0.15, 0.2) is 6.61 Å². The second-order valence-corrected chi connectivity index (χ2v) is 7.93. The molecule has 1 aliphatic carbocycles. The number of carbonyl (C=O) groups excluding carboxylic acids is 3. The number of benzene rings is 1. The fraction of sp³-hybridized carbons (Fsp3) is 0.381. The number of rotatable bonds is 10. The lowest BCUT2D eigenvalue weighted by Crippen LogP contribution is -2.37. The molecule has 0 aliphatic heterocycles. The molecule has 1 fully saturated rings. The molecule has 2 N–H and O–H groups in total. The number of esters is 1. The Kier molecular flexibility index (Phi) is 7.35. The standard InChI is InChI=1S/C21H24N2O5S/c1-14(15-8-9-15)23-19(24)12-28-21(26)17-6-2-3-7-18(17)29-13-20(25)22-11-16-5-4-10-27-16/h2-7,10,14-15H,8-9,11-13H2,1H3,(H,22,25)(H,23,24)/t14-/m1/s1. The van der Waals surface area contributed by atoms with Crippen molar-refractivity contribution in [3.05, 3.63) is 54.0 Å². The van der Waals surface area contributed by atoms with Crippen molar-refractivity contribution in [1.82, 2.24) is 10.6 Å². The highest BCUT2D eigenvalue weighted by atomic mass is 32.2. The van der Waals surface area contributed by atoms with Crippen molar-refractivity contribution >= 4 is 29.5 Å². The monoisotopic (exact) mass is 416 g/mol. The highest BCUT2D eigenvalue weighted by molar-refractivity contribution is 8.00. The van der Waals surface area contributed by atoms with E-state index in [1.54, 1.807) is 42.7 Å². The lowest BCUT2D eigenvalue weighted by molar-refractivity contribution is -0.125. The molecule has 1 aromatic heterocycles. The quantitative estimate of drug-likeness (QED) is 0.457. The Labute approximate surface area is 173 Å². The van der Waals surface area contributed by atoms with Crippen LogP contribution in [0.2, 0.25) is 0 Å². The minimum absolute atomic E-state index is 0.101. The van der Waals surface area contributed by atoms with Crippen LogP contribution in [0, 0.1) is 5.92 Å². The third-order valence-electron chi connectivity index (χ3n) is 4.56. The smallest absolute Gasteiger partial charge is 0.339 e. The Balaban J connectivity index is 1.46. The average molecular weight is 416 g/mol. The van der Waals surface area contributed by atoms with Crippen LogP contribution in [0.3, 0.4) is 0 Å². The van der Waals surface area contributed by atoms with Gasteiger partial charge in [-0.25, -0.2) is 4.79 Å². The Hall–Kier alpha value is -2.74. The molecular weight excluding hydrogens is 392 g/mol. The van der Waals surface area contributed by atoms with Crippen molar-refractivity contribution in [3.8, 4) is 0 Å². The summed E-state index contributed by atoms with van der Waals surface area (Å²) in [4.78, 5) is 37.0. The van der Waals surface area contributed by atoms with Gasteiger partial charge in [-0.1, -0.05) is 12.1 Å². The zero-order chi connectivity index (χ0) is 20.6. The van der Waals surface area contributed by atoms with Crippen molar-refractivity contribution in [2.75, 3.05) is 12.4 Å². The zero-order valence-electron chi connectivity index (χ0n) is 16.2. The summed E-state index contributed by atoms with van der Waals surface area (Å²) >= 11 is 1.23. The first-order valence-electron chi connectivity index (χ1n) is 9.50. The first-order chi connectivity index (χ1) is 14.0. The van der Waals surface area contributed by atoms with Crippen LogP contribution in [0.4, 0.5) is 0 Å². The van der Waals surface area contributed by atoms with E-state index < -0.39 is 5.97 Å². The number of hydrogen-bond donors (Lipinski definition) is 2. The summed E-state index contributed by atoms with van der Waals surface area (Å²) in [5.74, 6) is 0.276. The topological polar surface area (TPSA) is 97.6 Å². The van der Waals surface area contributed by atoms with Gasteiger partial charge in [0, 0.05) is 10.9 Å². The van der Waals surface area contributed by atoms with E-state index in [1.807, 2.05) is 6.92 Å². The van der Waals surface area contributed by atoms with Gasteiger partial charge >= 0.3 is 5.97 Å². The third kappa shape index (κ3) is 6.67. The van der Waals surface area contributed by atoms with Crippen LogP contribution in [0.5, 0.6) is 0 Å². The highest BCUT2D eigenvalue weighted by Crippen LogP contribution is 2.32. The summed E-state index contributed by atoms with van der Waals surface area (Å²) < 4.78 is 10.3. The molecule has 1 atom stereocenters. The SMILES string of the molecule is C[C@@H](NC(=O)COC(=O)c1ccccc1SCC(=O)NCc1ccco1)C1CC1. The van der Waals surface area contributed by atoms with Crippen LogP contribution >= 0.6 is 11.8 Å². The van der Waals surface area contributed by atoms with Gasteiger partial charge in [0.05, 0.1) is 24.1 Å². The van der Waals surface area contributed by atoms with E-state index in [1.165, 1.54) is 11.8 Å². The normalized spacial score (nSPS) is 14.1. The summed E-state index contributed by atoms with van der Waals surface area (Å²) in [6.07, 6.45) is 3.80. The molecule has 2 aromatic rings. The molecule has 0 saturated heterocycles. The molecule has 0 unspecified atom stereocenters. The van der Waals surface area contributed by atoms with E-state index in [9.17, 15) is 14.4 Å². The second kappa shape index (κ2) is 10.2. The van der Waals surface area contributed by atoms with Crippen molar-refractivity contribution < 1.29 is 23.5 Å². The van der Waals surface area contributed by atoms with Gasteiger partial charge in [-0.05, 0) is 49.9 Å². The Morgan fingerprint density at radius 1 is 1.17 bits per heavy atom. The van der Waals surface area contributed by atoms with Crippen LogP contribution in [0.1, 0.15) is 35.9 Å². The van der Waals surface area contributed by atoms with Gasteiger partial charge in [-0.2, -0.15) is 0 Å². The van der Waals surface area contributed by atoms with Crippen LogP contribution < -0.4 is 10.6 Å². The predicted octanol–water partition coefficient (Wildman–Crippen LogP) is 2.76. The maximum atomic E-state index is 12.4. The van der Waals surface area contributed by atoms with E-state index in [2.05, 4.69) is 10.6 Å². The molecule has 1 heterocycles. The van der Waals surface area contributed by atoms with Crippen LogP contribution in [0.25, 0.3) is 0 Å². The highest BCUT2D eigenvalue weighted by Gasteiger charge is 2.29. The number of nitrogens with one attached hydrogen (secondary N) is 2. The number of hydrogen-bond acceptors (Lipinski definition) is 6. The first kappa shape index (κ1) is 21.0. The van der Waals surface area contributed by atoms with Crippen molar-refractivity contribution in [2.45, 2.75) is 37.2 Å². The molecule has 0 radical (unpaired) electrons. The fourth-order valence-electron chi connectivity index (χ4n) is 2.77. The van der Waals surface area contributed by atoms with Gasteiger partial charge < -0.3 is 19.8 Å². The molecule has 7 nitrogen and oxygen atoms in total. The molecule has 1 aromatic carbocycles. The first-order valence-corrected chi connectivity index (χ1v) is 10.5. The minimum atomic E-state index is -0.585. The molecule has 2 amide bonds. The molecule has 0 bridgehead atoms. The van der Waals surface area contributed by atoms with E-state index >= 15 is 0 Å². The number of ether oxygens (including phenoxy) is 1. The van der Waals surface area contributed by atoms with Gasteiger partial charge in [0.1, 0.15) is 5.76 Å². The van der Waals surface area contributed by atoms with Crippen LogP contribution in [-0.4, -0.2) is 36.2 Å². The lowest BCUT2D eigenvalue weighted by atomic mass is 10.2. The van der Waals surface area contributed by atoms with Crippen molar-refractivity contribution in [2.24, 2.45) is 5.92 Å². The van der Waals surface area contributed by atoms with Gasteiger partial charge in [-0.15, -0.1) is 11.8 Å². The number of thioether (sulfide) groups is 1. The fourth-order valence-corrected chi connectivity index (χ4v) is 3.64. The van der Waals surface area contributed by atoms with E-state index in [0.717, 1.165) is 12.8 Å². The average Bonchev–Trinajstić information content (AvgIpc) is 3.45. The molecule has 29 heavy (non-hydrogen) atoms. The summed E-state index contributed by atoms with van der Waals surface area (Å²) in [5, 5.41) is 5.60. The zero-order valence-corrected chi connectivity index (χ0v) is 17.0. The molecule has 154 valence electrons. The summed E-state index contributed by atoms with van der Waals surface area (Å²) in [6, 6.07) is 10.5. The molecule has 3 rings (SSSR count). The predicted molar refractivity (Wildman–Crippen MR) is 108 cm³/mol. The number of carbonyl (C=O) groups is 3. The van der Waals surface area contributed by atoms with E-state index in [0.29, 0.717) is 28.7 Å². The maximum absolute atomic E-state index is 12.4. The Morgan fingerprint density at radius 2 is 1.97 bits per heavy atom.